The van der Waals surface area contributed by atoms with Gasteiger partial charge in [0.1, 0.15) is 0 Å². The number of benzene rings is 1. The quantitative estimate of drug-likeness (QED) is 0.424. The van der Waals surface area contributed by atoms with Crippen LogP contribution < -0.4 is 0 Å². The van der Waals surface area contributed by atoms with E-state index in [4.69, 9.17) is 0 Å². The van der Waals surface area contributed by atoms with Crippen LogP contribution in [0.2, 0.25) is 0 Å². The van der Waals surface area contributed by atoms with Gasteiger partial charge in [0.05, 0.1) is 0 Å². The molecule has 0 aromatic heterocycles. The molecule has 1 aliphatic rings. The molecule has 14 heavy (non-hydrogen) atoms. The van der Waals surface area contributed by atoms with Gasteiger partial charge in [0.25, 0.3) is 0 Å². The number of hydrogen-bond donors (Lipinski definition) is 2. The van der Waals surface area contributed by atoms with Crippen molar-refractivity contribution in [3.8, 4) is 0 Å². The van der Waals surface area contributed by atoms with Crippen LogP contribution in [0.25, 0.3) is 0 Å². The zero-order valence-corrected chi connectivity index (χ0v) is 9.29. The van der Waals surface area contributed by atoms with Gasteiger partial charge in [-0.3, -0.25) is 0 Å². The highest BCUT2D eigenvalue weighted by atomic mass is 33.2. The van der Waals surface area contributed by atoms with Crippen LogP contribution in [0.15, 0.2) is 58.9 Å². The van der Waals surface area contributed by atoms with Gasteiger partial charge in [-0.2, -0.15) is 0 Å². The number of hydrogen-bond acceptors (Lipinski definition) is 2. The van der Waals surface area contributed by atoms with Crippen LogP contribution in [0.4, 0.5) is 0 Å². The second-order valence-corrected chi connectivity index (χ2v) is 8.65. The van der Waals surface area contributed by atoms with E-state index < -0.39 is 8.06 Å². The summed E-state index contributed by atoms with van der Waals surface area (Å²) in [5.41, 5.74) is 0. The Morgan fingerprint density at radius 3 is 2.29 bits per heavy atom. The van der Waals surface area contributed by atoms with Crippen molar-refractivity contribution < 1.29 is 4.55 Å². The molecule has 0 saturated carbocycles. The first-order chi connectivity index (χ1) is 6.60. The van der Waals surface area contributed by atoms with Crippen molar-refractivity contribution in [3.05, 3.63) is 54.0 Å². The van der Waals surface area contributed by atoms with Crippen molar-refractivity contribution in [2.24, 2.45) is 0 Å². The highest BCUT2D eigenvalue weighted by molar-refractivity contribution is 8.94. The van der Waals surface area contributed by atoms with Crippen molar-refractivity contribution in [1.82, 2.24) is 0 Å². The fourth-order valence-corrected chi connectivity index (χ4v) is 4.07. The average Bonchev–Trinajstić information content (AvgIpc) is 2.19. The second kappa shape index (κ2) is 3.12. The van der Waals surface area contributed by atoms with Crippen LogP contribution in [0, 0.1) is 0 Å². The first-order valence-corrected chi connectivity index (χ1v) is 7.46. The van der Waals surface area contributed by atoms with E-state index in [1.54, 1.807) is 10.8 Å². The van der Waals surface area contributed by atoms with Crippen LogP contribution in [0.1, 0.15) is 0 Å². The average molecular weight is 224 g/mol. The lowest BCUT2D eigenvalue weighted by Crippen LogP contribution is -2.01. The summed E-state index contributed by atoms with van der Waals surface area (Å²) in [6, 6.07) is 9.54. The minimum atomic E-state index is -2.92. The maximum atomic E-state index is 10.6. The molecule has 0 saturated heterocycles. The van der Waals surface area contributed by atoms with Gasteiger partial charge in [-0.15, -0.1) is 11.7 Å². The van der Waals surface area contributed by atoms with Crippen molar-refractivity contribution in [1.29, 1.82) is 0 Å². The molecular formula is C11H12OS2. The van der Waals surface area contributed by atoms with E-state index >= 15 is 0 Å². The Labute approximate surface area is 88.7 Å². The monoisotopic (exact) mass is 224 g/mol. The van der Waals surface area contributed by atoms with Crippen LogP contribution in [0.5, 0.6) is 0 Å². The predicted octanol–water partition coefficient (Wildman–Crippen LogP) is 3.59. The summed E-state index contributed by atoms with van der Waals surface area (Å²) >= 11 is 4.47. The maximum Gasteiger partial charge on any atom is 0.0194 e. The molecule has 0 atom stereocenters. The summed E-state index contributed by atoms with van der Waals surface area (Å²) in [5, 5.41) is 3.55. The zero-order chi connectivity index (χ0) is 10.1. The predicted molar refractivity (Wildman–Crippen MR) is 68.3 cm³/mol. The Bertz CT molecular complexity index is 463. The van der Waals surface area contributed by atoms with Crippen LogP contribution in [-0.4, -0.2) is 9.92 Å². The van der Waals surface area contributed by atoms with Gasteiger partial charge in [0, 0.05) is 4.90 Å². The molecule has 0 aliphatic carbocycles. The van der Waals surface area contributed by atoms with Gasteiger partial charge in [0.15, 0.2) is 0 Å². The van der Waals surface area contributed by atoms with E-state index in [9.17, 15) is 4.55 Å². The van der Waals surface area contributed by atoms with Gasteiger partial charge in [-0.25, -0.2) is 0 Å². The van der Waals surface area contributed by atoms with E-state index in [2.05, 4.69) is 11.7 Å². The molecule has 0 unspecified atom stereocenters. The molecule has 0 radical (unpaired) electrons. The standard InChI is InChI=1S/C11H12OS2/c12-14(13,9-5-2-6-10-14)11-7-3-1-4-8-11/h1-10,12-13H. The molecule has 1 N–H and O–H groups in total. The molecule has 2 rings (SSSR count). The normalized spacial score (nSPS) is 24.6. The molecule has 0 spiro atoms. The summed E-state index contributed by atoms with van der Waals surface area (Å²) in [6.07, 6.45) is 5.55. The molecule has 0 fully saturated rings. The molecule has 1 aromatic rings. The highest BCUT2D eigenvalue weighted by Gasteiger charge is 2.23. The lowest BCUT2D eigenvalue weighted by atomic mass is 10.4. The molecule has 1 nitrogen and oxygen atoms in total. The molecular weight excluding hydrogens is 212 g/mol. The summed E-state index contributed by atoms with van der Waals surface area (Å²) in [5.74, 6) is 0. The van der Waals surface area contributed by atoms with Crippen LogP contribution in [0.3, 0.4) is 0 Å². The van der Waals surface area contributed by atoms with E-state index in [0.717, 1.165) is 4.90 Å². The van der Waals surface area contributed by atoms with Crippen LogP contribution >= 0.6 is 19.7 Å². The van der Waals surface area contributed by atoms with Gasteiger partial charge in [-0.05, 0) is 22.9 Å². The number of thiol groups is 1. The molecule has 74 valence electrons. The molecule has 1 heterocycles. The SMILES string of the molecule is OS1(S)(c2ccccc2)=CC=CC=C1. The molecule has 0 amide bonds. The van der Waals surface area contributed by atoms with Crippen molar-refractivity contribution in [3.63, 3.8) is 0 Å². The van der Waals surface area contributed by atoms with Crippen molar-refractivity contribution in [2.45, 2.75) is 4.90 Å². The number of allylic oxidation sites excluding steroid dienone is 3. The smallest absolute Gasteiger partial charge is 0.0194 e. The summed E-state index contributed by atoms with van der Waals surface area (Å²) in [6.45, 7) is 0. The molecule has 3 heteroatoms. The largest absolute Gasteiger partial charge is 0.340 e. The van der Waals surface area contributed by atoms with Gasteiger partial charge >= 0.3 is 0 Å². The Hall–Kier alpha value is -0.770. The van der Waals surface area contributed by atoms with E-state index in [-0.39, 0.29) is 0 Å². The summed E-state index contributed by atoms with van der Waals surface area (Å²) in [4.78, 5) is 0.855. The molecule has 1 aromatic carbocycles. The van der Waals surface area contributed by atoms with Crippen molar-refractivity contribution >= 4 is 25.1 Å². The third-order valence-corrected chi connectivity index (χ3v) is 6.13. The summed E-state index contributed by atoms with van der Waals surface area (Å²) in [7, 11) is -2.92. The Morgan fingerprint density at radius 2 is 1.71 bits per heavy atom. The van der Waals surface area contributed by atoms with Gasteiger partial charge < -0.3 is 4.55 Å². The first-order valence-electron chi connectivity index (χ1n) is 4.28. The fourth-order valence-electron chi connectivity index (χ4n) is 1.37. The zero-order valence-electron chi connectivity index (χ0n) is 7.58. The van der Waals surface area contributed by atoms with Gasteiger partial charge in [0.2, 0.25) is 0 Å². The number of rotatable bonds is 1. The van der Waals surface area contributed by atoms with E-state index in [0.29, 0.717) is 0 Å². The minimum absolute atomic E-state index is 0.855. The molecule has 0 bridgehead atoms. The van der Waals surface area contributed by atoms with Crippen molar-refractivity contribution in [2.75, 3.05) is 0 Å². The molecule has 1 aliphatic heterocycles. The summed E-state index contributed by atoms with van der Waals surface area (Å²) < 4.78 is 10.6. The Kier molecular flexibility index (Phi) is 2.18. The second-order valence-electron chi connectivity index (χ2n) is 3.22. The Morgan fingerprint density at radius 1 is 1.00 bits per heavy atom. The van der Waals surface area contributed by atoms with E-state index in [1.165, 1.54) is 0 Å². The topological polar surface area (TPSA) is 20.2 Å². The maximum absolute atomic E-state index is 10.6. The van der Waals surface area contributed by atoms with Crippen LogP contribution in [-0.2, 0) is 0 Å². The third kappa shape index (κ3) is 1.59. The first kappa shape index (κ1) is 9.77. The lowest BCUT2D eigenvalue weighted by molar-refractivity contribution is 0.646. The highest BCUT2D eigenvalue weighted by Crippen LogP contribution is 2.67. The lowest BCUT2D eigenvalue weighted by Gasteiger charge is -2.37. The minimum Gasteiger partial charge on any atom is -0.340 e. The van der Waals surface area contributed by atoms with Gasteiger partial charge in [-0.1, -0.05) is 44.5 Å². The van der Waals surface area contributed by atoms with E-state index in [1.807, 2.05) is 48.6 Å². The Balaban J connectivity index is 2.69. The fraction of sp³-hybridized carbons (Fsp3) is 0. The third-order valence-electron chi connectivity index (χ3n) is 2.14.